The first-order valence-electron chi connectivity index (χ1n) is 7.19. The van der Waals surface area contributed by atoms with Gasteiger partial charge in [-0.3, -0.25) is 4.79 Å². The van der Waals surface area contributed by atoms with Crippen molar-refractivity contribution in [3.05, 3.63) is 82.3 Å². The lowest BCUT2D eigenvalue weighted by Crippen LogP contribution is -2.24. The maximum atomic E-state index is 12.0. The summed E-state index contributed by atoms with van der Waals surface area (Å²) in [5.74, 6) is 0.0336. The van der Waals surface area contributed by atoms with Crippen LogP contribution in [0, 0.1) is 0 Å². The summed E-state index contributed by atoms with van der Waals surface area (Å²) in [6, 6.07) is 22.3. The minimum atomic E-state index is 0.0336. The third-order valence-corrected chi connectivity index (χ3v) is 4.05. The summed E-state index contributed by atoms with van der Waals surface area (Å²) in [5, 5.41) is 5.39. The fourth-order valence-corrected chi connectivity index (χ4v) is 2.89. The van der Waals surface area contributed by atoms with E-state index in [-0.39, 0.29) is 5.91 Å². The Bertz CT molecular complexity index is 813. The highest BCUT2D eigenvalue weighted by Gasteiger charge is 2.04. The zero-order valence-electron chi connectivity index (χ0n) is 12.1. The molecule has 22 heavy (non-hydrogen) atoms. The Kier molecular flexibility index (Phi) is 4.54. The molecule has 0 saturated carbocycles. The van der Waals surface area contributed by atoms with Gasteiger partial charge in [-0.1, -0.05) is 64.5 Å². The van der Waals surface area contributed by atoms with E-state index >= 15 is 0 Å². The van der Waals surface area contributed by atoms with Crippen LogP contribution in [0.3, 0.4) is 0 Å². The number of rotatable bonds is 4. The van der Waals surface area contributed by atoms with Crippen LogP contribution in [0.4, 0.5) is 0 Å². The molecule has 3 aromatic carbocycles. The Hall–Kier alpha value is -2.13. The molecule has 0 radical (unpaired) electrons. The molecule has 0 aliphatic rings. The van der Waals surface area contributed by atoms with Crippen molar-refractivity contribution < 1.29 is 4.79 Å². The second-order valence-corrected chi connectivity index (χ2v) is 6.18. The molecule has 0 aliphatic heterocycles. The average molecular weight is 354 g/mol. The highest BCUT2D eigenvalue weighted by molar-refractivity contribution is 9.10. The van der Waals surface area contributed by atoms with Gasteiger partial charge in [0.25, 0.3) is 0 Å². The van der Waals surface area contributed by atoms with E-state index in [9.17, 15) is 4.79 Å². The normalized spacial score (nSPS) is 10.6. The molecular formula is C19H16BrNO. The Morgan fingerprint density at radius 1 is 0.864 bits per heavy atom. The van der Waals surface area contributed by atoms with Gasteiger partial charge in [0.1, 0.15) is 0 Å². The molecule has 3 aromatic rings. The van der Waals surface area contributed by atoms with Gasteiger partial charge in [-0.2, -0.15) is 0 Å². The Morgan fingerprint density at radius 2 is 1.68 bits per heavy atom. The summed E-state index contributed by atoms with van der Waals surface area (Å²) in [4.78, 5) is 12.0. The van der Waals surface area contributed by atoms with Gasteiger partial charge in [-0.05, 0) is 40.1 Å². The Labute approximate surface area is 138 Å². The topological polar surface area (TPSA) is 29.1 Å². The molecular weight excluding hydrogens is 338 g/mol. The number of benzene rings is 3. The van der Waals surface area contributed by atoms with Gasteiger partial charge in [0.2, 0.25) is 5.91 Å². The summed E-state index contributed by atoms with van der Waals surface area (Å²) in [5.41, 5.74) is 2.12. The molecule has 0 fully saturated rings. The lowest BCUT2D eigenvalue weighted by atomic mass is 10.1. The van der Waals surface area contributed by atoms with Gasteiger partial charge in [-0.15, -0.1) is 0 Å². The minimum Gasteiger partial charge on any atom is -0.352 e. The molecule has 0 bridgehead atoms. The van der Waals surface area contributed by atoms with Crippen LogP contribution >= 0.6 is 15.9 Å². The predicted molar refractivity (Wildman–Crippen MR) is 93.6 cm³/mol. The highest BCUT2D eigenvalue weighted by Crippen LogP contribution is 2.16. The fourth-order valence-electron chi connectivity index (χ4n) is 2.44. The number of amides is 1. The fraction of sp³-hybridized carbons (Fsp3) is 0.105. The molecule has 0 heterocycles. The second kappa shape index (κ2) is 6.75. The van der Waals surface area contributed by atoms with Crippen LogP contribution in [-0.4, -0.2) is 5.91 Å². The van der Waals surface area contributed by atoms with E-state index in [0.717, 1.165) is 15.6 Å². The van der Waals surface area contributed by atoms with Crippen LogP contribution in [-0.2, 0) is 17.8 Å². The Morgan fingerprint density at radius 3 is 2.50 bits per heavy atom. The van der Waals surface area contributed by atoms with Crippen molar-refractivity contribution in [2.24, 2.45) is 0 Å². The largest absolute Gasteiger partial charge is 0.352 e. The summed E-state index contributed by atoms with van der Waals surface area (Å²) >= 11 is 3.42. The van der Waals surface area contributed by atoms with E-state index in [4.69, 9.17) is 0 Å². The Balaban J connectivity index is 1.62. The van der Waals surface area contributed by atoms with Crippen LogP contribution in [0.1, 0.15) is 11.1 Å². The maximum absolute atomic E-state index is 12.0. The quantitative estimate of drug-likeness (QED) is 0.736. The van der Waals surface area contributed by atoms with Gasteiger partial charge < -0.3 is 5.32 Å². The standard InChI is InChI=1S/C19H16BrNO/c20-18-7-3-4-14(11-18)12-19(22)21-13-15-8-9-16-5-1-2-6-17(16)10-15/h1-11H,12-13H2,(H,21,22). The SMILES string of the molecule is O=C(Cc1cccc(Br)c1)NCc1ccc2ccccc2c1. The van der Waals surface area contributed by atoms with Crippen molar-refractivity contribution in [1.82, 2.24) is 5.32 Å². The lowest BCUT2D eigenvalue weighted by Gasteiger charge is -2.07. The minimum absolute atomic E-state index is 0.0336. The molecule has 3 heteroatoms. The van der Waals surface area contributed by atoms with Crippen LogP contribution < -0.4 is 5.32 Å². The van der Waals surface area contributed by atoms with E-state index in [1.165, 1.54) is 10.8 Å². The molecule has 3 rings (SSSR count). The number of fused-ring (bicyclic) bond motifs is 1. The van der Waals surface area contributed by atoms with E-state index in [1.807, 2.05) is 36.4 Å². The first-order chi connectivity index (χ1) is 10.7. The molecule has 0 saturated heterocycles. The molecule has 0 atom stereocenters. The first kappa shape index (κ1) is 14.8. The van der Waals surface area contributed by atoms with Crippen molar-refractivity contribution in [3.8, 4) is 0 Å². The van der Waals surface area contributed by atoms with Gasteiger partial charge >= 0.3 is 0 Å². The molecule has 0 unspecified atom stereocenters. The number of hydrogen-bond donors (Lipinski definition) is 1. The van der Waals surface area contributed by atoms with Gasteiger partial charge in [0, 0.05) is 11.0 Å². The van der Waals surface area contributed by atoms with E-state index in [0.29, 0.717) is 13.0 Å². The smallest absolute Gasteiger partial charge is 0.224 e. The van der Waals surface area contributed by atoms with Crippen LogP contribution in [0.5, 0.6) is 0 Å². The summed E-state index contributed by atoms with van der Waals surface area (Å²) in [6.45, 7) is 0.553. The predicted octanol–water partition coefficient (Wildman–Crippen LogP) is 4.46. The van der Waals surface area contributed by atoms with Crippen molar-refractivity contribution in [2.75, 3.05) is 0 Å². The zero-order valence-corrected chi connectivity index (χ0v) is 13.6. The lowest BCUT2D eigenvalue weighted by molar-refractivity contribution is -0.120. The molecule has 1 amide bonds. The van der Waals surface area contributed by atoms with Crippen molar-refractivity contribution in [1.29, 1.82) is 0 Å². The van der Waals surface area contributed by atoms with Gasteiger partial charge in [0.05, 0.1) is 6.42 Å². The molecule has 110 valence electrons. The first-order valence-corrected chi connectivity index (χ1v) is 7.99. The number of carbonyl (C=O) groups is 1. The molecule has 0 aromatic heterocycles. The summed E-state index contributed by atoms with van der Waals surface area (Å²) in [6.07, 6.45) is 0.396. The maximum Gasteiger partial charge on any atom is 0.224 e. The summed E-state index contributed by atoms with van der Waals surface area (Å²) in [7, 11) is 0. The van der Waals surface area contributed by atoms with Crippen molar-refractivity contribution in [3.63, 3.8) is 0 Å². The van der Waals surface area contributed by atoms with E-state index < -0.39 is 0 Å². The summed E-state index contributed by atoms with van der Waals surface area (Å²) < 4.78 is 0.993. The molecule has 1 N–H and O–H groups in total. The molecule has 0 spiro atoms. The molecule has 2 nitrogen and oxygen atoms in total. The third-order valence-electron chi connectivity index (χ3n) is 3.56. The van der Waals surface area contributed by atoms with Crippen molar-refractivity contribution in [2.45, 2.75) is 13.0 Å². The van der Waals surface area contributed by atoms with Crippen LogP contribution in [0.25, 0.3) is 10.8 Å². The third kappa shape index (κ3) is 3.74. The number of hydrogen-bond acceptors (Lipinski definition) is 1. The number of nitrogens with one attached hydrogen (secondary N) is 1. The number of carbonyl (C=O) groups excluding carboxylic acids is 1. The average Bonchev–Trinajstić information content (AvgIpc) is 2.53. The highest BCUT2D eigenvalue weighted by atomic mass is 79.9. The van der Waals surface area contributed by atoms with Gasteiger partial charge in [0.15, 0.2) is 0 Å². The van der Waals surface area contributed by atoms with Crippen LogP contribution in [0.2, 0.25) is 0 Å². The van der Waals surface area contributed by atoms with Crippen molar-refractivity contribution >= 4 is 32.6 Å². The van der Waals surface area contributed by atoms with E-state index in [2.05, 4.69) is 51.6 Å². The van der Waals surface area contributed by atoms with Gasteiger partial charge in [-0.25, -0.2) is 0 Å². The zero-order chi connectivity index (χ0) is 15.4. The molecule has 0 aliphatic carbocycles. The number of halogens is 1. The monoisotopic (exact) mass is 353 g/mol. The second-order valence-electron chi connectivity index (χ2n) is 5.26. The van der Waals surface area contributed by atoms with E-state index in [1.54, 1.807) is 0 Å². The van der Waals surface area contributed by atoms with Crippen LogP contribution in [0.15, 0.2) is 71.2 Å².